The lowest BCUT2D eigenvalue weighted by Gasteiger charge is -2.07. The summed E-state index contributed by atoms with van der Waals surface area (Å²) >= 11 is 0. The first-order chi connectivity index (χ1) is 9.31. The van der Waals surface area contributed by atoms with Crippen LogP contribution in [0.1, 0.15) is 5.56 Å². The van der Waals surface area contributed by atoms with Crippen molar-refractivity contribution < 1.29 is 9.84 Å². The van der Waals surface area contributed by atoms with E-state index in [2.05, 4.69) is 4.98 Å². The third kappa shape index (κ3) is 2.65. The number of pyridine rings is 1. The van der Waals surface area contributed by atoms with E-state index in [0.29, 0.717) is 6.61 Å². The molecule has 3 aromatic rings. The largest absolute Gasteiger partial charge is 0.508 e. The first-order valence-corrected chi connectivity index (χ1v) is 6.07. The molecular formula is C16H13NO2. The van der Waals surface area contributed by atoms with Gasteiger partial charge in [-0.3, -0.25) is 4.98 Å². The number of para-hydroxylation sites is 1. The molecule has 0 unspecified atom stereocenters. The van der Waals surface area contributed by atoms with Gasteiger partial charge in [-0.15, -0.1) is 0 Å². The Morgan fingerprint density at radius 3 is 2.79 bits per heavy atom. The van der Waals surface area contributed by atoms with Crippen molar-refractivity contribution in [3.05, 3.63) is 66.4 Å². The summed E-state index contributed by atoms with van der Waals surface area (Å²) < 4.78 is 5.68. The predicted molar refractivity (Wildman–Crippen MR) is 74.2 cm³/mol. The molecule has 0 bridgehead atoms. The molecule has 3 nitrogen and oxygen atoms in total. The highest BCUT2D eigenvalue weighted by atomic mass is 16.5. The minimum absolute atomic E-state index is 0.248. The molecule has 0 amide bonds. The van der Waals surface area contributed by atoms with Crippen LogP contribution in [0.5, 0.6) is 11.5 Å². The first kappa shape index (κ1) is 11.5. The molecule has 0 aliphatic heterocycles. The fourth-order valence-electron chi connectivity index (χ4n) is 1.94. The van der Waals surface area contributed by atoms with E-state index in [4.69, 9.17) is 4.74 Å². The van der Waals surface area contributed by atoms with Crippen LogP contribution in [0.4, 0.5) is 0 Å². The Hall–Kier alpha value is -2.55. The van der Waals surface area contributed by atoms with Gasteiger partial charge in [0.15, 0.2) is 0 Å². The van der Waals surface area contributed by atoms with Gasteiger partial charge >= 0.3 is 0 Å². The highest BCUT2D eigenvalue weighted by Crippen LogP contribution is 2.19. The Labute approximate surface area is 111 Å². The molecule has 0 radical (unpaired) electrons. The molecule has 3 heteroatoms. The van der Waals surface area contributed by atoms with Crippen molar-refractivity contribution >= 4 is 10.9 Å². The second-order valence-electron chi connectivity index (χ2n) is 4.32. The molecule has 1 heterocycles. The summed E-state index contributed by atoms with van der Waals surface area (Å²) in [4.78, 5) is 4.34. The Bertz CT molecular complexity index is 710. The Morgan fingerprint density at radius 1 is 1.00 bits per heavy atom. The molecule has 19 heavy (non-hydrogen) atoms. The summed E-state index contributed by atoms with van der Waals surface area (Å²) in [7, 11) is 0. The van der Waals surface area contributed by atoms with Crippen LogP contribution in [0.3, 0.4) is 0 Å². The number of hydrogen-bond donors (Lipinski definition) is 1. The SMILES string of the molecule is Oc1cccc(COc2cnc3ccccc3c2)c1. The fraction of sp³-hybridized carbons (Fsp3) is 0.0625. The summed E-state index contributed by atoms with van der Waals surface area (Å²) in [5, 5.41) is 10.4. The molecule has 0 aliphatic rings. The number of hydrogen-bond acceptors (Lipinski definition) is 3. The molecule has 1 aromatic heterocycles. The Morgan fingerprint density at radius 2 is 1.89 bits per heavy atom. The third-order valence-corrected chi connectivity index (χ3v) is 2.88. The second kappa shape index (κ2) is 4.98. The van der Waals surface area contributed by atoms with Crippen molar-refractivity contribution in [3.8, 4) is 11.5 Å². The number of benzene rings is 2. The number of fused-ring (bicyclic) bond motifs is 1. The smallest absolute Gasteiger partial charge is 0.138 e. The van der Waals surface area contributed by atoms with E-state index >= 15 is 0 Å². The first-order valence-electron chi connectivity index (χ1n) is 6.07. The topological polar surface area (TPSA) is 42.4 Å². The number of nitrogens with zero attached hydrogens (tertiary/aromatic N) is 1. The molecule has 3 rings (SSSR count). The van der Waals surface area contributed by atoms with Crippen molar-refractivity contribution in [1.29, 1.82) is 0 Å². The molecule has 0 fully saturated rings. The lowest BCUT2D eigenvalue weighted by molar-refractivity contribution is 0.305. The zero-order chi connectivity index (χ0) is 13.1. The Balaban J connectivity index is 1.78. The number of rotatable bonds is 3. The number of aromatic nitrogens is 1. The third-order valence-electron chi connectivity index (χ3n) is 2.88. The van der Waals surface area contributed by atoms with Gasteiger partial charge in [-0.25, -0.2) is 0 Å². The average molecular weight is 251 g/mol. The van der Waals surface area contributed by atoms with Crippen LogP contribution in [-0.2, 0) is 6.61 Å². The number of phenols is 1. The number of phenolic OH excluding ortho intramolecular Hbond substituents is 1. The van der Waals surface area contributed by atoms with Crippen LogP contribution < -0.4 is 4.74 Å². The molecule has 2 aromatic carbocycles. The summed E-state index contributed by atoms with van der Waals surface area (Å²) in [6, 6.07) is 16.9. The molecule has 0 atom stereocenters. The highest BCUT2D eigenvalue weighted by Gasteiger charge is 2.00. The van der Waals surface area contributed by atoms with Gasteiger partial charge in [0.1, 0.15) is 18.1 Å². The van der Waals surface area contributed by atoms with E-state index in [1.807, 2.05) is 36.4 Å². The normalized spacial score (nSPS) is 10.5. The van der Waals surface area contributed by atoms with Crippen molar-refractivity contribution in [3.63, 3.8) is 0 Å². The van der Waals surface area contributed by atoms with Crippen LogP contribution in [0.15, 0.2) is 60.8 Å². The maximum atomic E-state index is 9.38. The summed E-state index contributed by atoms with van der Waals surface area (Å²) in [5.41, 5.74) is 1.88. The zero-order valence-corrected chi connectivity index (χ0v) is 10.3. The minimum Gasteiger partial charge on any atom is -0.508 e. The van der Waals surface area contributed by atoms with Gasteiger partial charge in [0.05, 0.1) is 11.7 Å². The van der Waals surface area contributed by atoms with Crippen molar-refractivity contribution in [2.45, 2.75) is 6.61 Å². The molecule has 0 aliphatic carbocycles. The van der Waals surface area contributed by atoms with E-state index in [1.165, 1.54) is 0 Å². The average Bonchev–Trinajstić information content (AvgIpc) is 2.45. The van der Waals surface area contributed by atoms with Crippen molar-refractivity contribution in [2.24, 2.45) is 0 Å². The monoisotopic (exact) mass is 251 g/mol. The maximum absolute atomic E-state index is 9.38. The summed E-state index contributed by atoms with van der Waals surface area (Å²) in [5.74, 6) is 0.972. The van der Waals surface area contributed by atoms with Gasteiger partial charge in [0, 0.05) is 5.39 Å². The molecule has 94 valence electrons. The van der Waals surface area contributed by atoms with Crippen LogP contribution >= 0.6 is 0 Å². The molecule has 0 saturated heterocycles. The van der Waals surface area contributed by atoms with Crippen molar-refractivity contribution in [1.82, 2.24) is 4.98 Å². The number of ether oxygens (including phenoxy) is 1. The quantitative estimate of drug-likeness (QED) is 0.774. The van der Waals surface area contributed by atoms with Gasteiger partial charge in [-0.1, -0.05) is 30.3 Å². The lowest BCUT2D eigenvalue weighted by Crippen LogP contribution is -1.95. The molecule has 0 saturated carbocycles. The van der Waals surface area contributed by atoms with Crippen LogP contribution in [0, 0.1) is 0 Å². The summed E-state index contributed by atoms with van der Waals surface area (Å²) in [6.07, 6.45) is 1.71. The minimum atomic E-state index is 0.248. The fourth-order valence-corrected chi connectivity index (χ4v) is 1.94. The van der Waals surface area contributed by atoms with Gasteiger partial charge in [-0.2, -0.15) is 0 Å². The van der Waals surface area contributed by atoms with Gasteiger partial charge < -0.3 is 9.84 Å². The lowest BCUT2D eigenvalue weighted by atomic mass is 10.2. The van der Waals surface area contributed by atoms with E-state index in [1.54, 1.807) is 24.4 Å². The zero-order valence-electron chi connectivity index (χ0n) is 10.3. The molecule has 0 spiro atoms. The Kier molecular flexibility index (Phi) is 3.02. The van der Waals surface area contributed by atoms with E-state index < -0.39 is 0 Å². The van der Waals surface area contributed by atoms with E-state index in [0.717, 1.165) is 22.2 Å². The van der Waals surface area contributed by atoms with E-state index in [-0.39, 0.29) is 5.75 Å². The van der Waals surface area contributed by atoms with Gasteiger partial charge in [-0.05, 0) is 29.8 Å². The molecular weight excluding hydrogens is 238 g/mol. The van der Waals surface area contributed by atoms with Crippen LogP contribution in [0.25, 0.3) is 10.9 Å². The van der Waals surface area contributed by atoms with Crippen molar-refractivity contribution in [2.75, 3.05) is 0 Å². The maximum Gasteiger partial charge on any atom is 0.138 e. The van der Waals surface area contributed by atoms with Crippen LogP contribution in [0.2, 0.25) is 0 Å². The molecule has 1 N–H and O–H groups in total. The van der Waals surface area contributed by atoms with Crippen LogP contribution in [-0.4, -0.2) is 10.1 Å². The van der Waals surface area contributed by atoms with E-state index in [9.17, 15) is 5.11 Å². The number of aromatic hydroxyl groups is 1. The van der Waals surface area contributed by atoms with Gasteiger partial charge in [0.25, 0.3) is 0 Å². The highest BCUT2D eigenvalue weighted by molar-refractivity contribution is 5.79. The van der Waals surface area contributed by atoms with Gasteiger partial charge in [0.2, 0.25) is 0 Å². The second-order valence-corrected chi connectivity index (χ2v) is 4.32. The predicted octanol–water partition coefficient (Wildman–Crippen LogP) is 3.52. The standard InChI is InChI=1S/C16H13NO2/c18-14-6-3-4-12(8-14)11-19-15-9-13-5-1-2-7-16(13)17-10-15/h1-10,18H,11H2. The summed E-state index contributed by atoms with van der Waals surface area (Å²) in [6.45, 7) is 0.411.